The number of halogens is 1. The Labute approximate surface area is 109 Å². The number of hydrogen-bond donors (Lipinski definition) is 3. The lowest BCUT2D eigenvalue weighted by Crippen LogP contribution is -2.34. The highest BCUT2D eigenvalue weighted by Gasteiger charge is 2.19. The van der Waals surface area contributed by atoms with Crippen molar-refractivity contribution in [3.8, 4) is 0 Å². The van der Waals surface area contributed by atoms with Crippen LogP contribution in [0.5, 0.6) is 0 Å². The van der Waals surface area contributed by atoms with E-state index in [-0.39, 0.29) is 34.4 Å². The first-order valence-corrected chi connectivity index (χ1v) is 5.48. The summed E-state index contributed by atoms with van der Waals surface area (Å²) in [6.45, 7) is 0.000415. The van der Waals surface area contributed by atoms with Crippen molar-refractivity contribution >= 4 is 34.9 Å². The zero-order chi connectivity index (χ0) is 13.9. The van der Waals surface area contributed by atoms with Gasteiger partial charge in [0.05, 0.1) is 22.8 Å². The summed E-state index contributed by atoms with van der Waals surface area (Å²) >= 11 is 5.98. The van der Waals surface area contributed by atoms with E-state index in [1.165, 1.54) is 24.1 Å². The Bertz CT molecular complexity index is 491. The minimum absolute atomic E-state index is 0.000415. The van der Waals surface area contributed by atoms with Crippen LogP contribution in [0, 0.1) is 0 Å². The highest BCUT2D eigenvalue weighted by atomic mass is 35.5. The van der Waals surface area contributed by atoms with Crippen molar-refractivity contribution in [2.75, 3.05) is 31.3 Å². The lowest BCUT2D eigenvalue weighted by Gasteiger charge is -2.22. The second-order valence-corrected chi connectivity index (χ2v) is 4.14. The fourth-order valence-electron chi connectivity index (χ4n) is 1.54. The number of nitrogens with one attached hydrogen (secondary N) is 1. The monoisotopic (exact) mass is 271 g/mol. The lowest BCUT2D eigenvalue weighted by molar-refractivity contribution is -0.119. The molecular formula is C11H14ClN3O3. The number of carbonyl (C=O) groups excluding carboxylic acids is 1. The Morgan fingerprint density at radius 2 is 2.11 bits per heavy atom. The fraction of sp³-hybridized carbons (Fsp3) is 0.273. The Kier molecular flexibility index (Phi) is 4.38. The predicted molar refractivity (Wildman–Crippen MR) is 70.2 cm³/mol. The molecule has 0 spiro atoms. The topological polar surface area (TPSA) is 95.7 Å². The van der Waals surface area contributed by atoms with Crippen LogP contribution in [0.2, 0.25) is 5.02 Å². The van der Waals surface area contributed by atoms with Crippen LogP contribution in [-0.2, 0) is 4.79 Å². The number of nitrogens with zero attached hydrogens (tertiary/aromatic N) is 1. The number of anilines is 2. The molecule has 0 radical (unpaired) electrons. The first-order chi connectivity index (χ1) is 8.36. The maximum atomic E-state index is 11.3. The van der Waals surface area contributed by atoms with Crippen molar-refractivity contribution in [1.82, 2.24) is 5.32 Å². The third-order valence-corrected chi connectivity index (χ3v) is 2.65. The molecule has 0 atom stereocenters. The predicted octanol–water partition coefficient (Wildman–Crippen LogP) is 0.803. The van der Waals surface area contributed by atoms with Crippen molar-refractivity contribution < 1.29 is 14.7 Å². The zero-order valence-corrected chi connectivity index (χ0v) is 10.8. The number of rotatable bonds is 4. The molecule has 0 aliphatic heterocycles. The van der Waals surface area contributed by atoms with E-state index >= 15 is 0 Å². The molecule has 1 aromatic rings. The molecule has 0 bridgehead atoms. The molecule has 0 aliphatic rings. The van der Waals surface area contributed by atoms with Gasteiger partial charge in [-0.2, -0.15) is 0 Å². The van der Waals surface area contributed by atoms with Gasteiger partial charge in [0.25, 0.3) is 0 Å². The number of nitrogen functional groups attached to an aromatic ring is 1. The summed E-state index contributed by atoms with van der Waals surface area (Å²) in [7, 11) is 3.08. The van der Waals surface area contributed by atoms with Gasteiger partial charge in [0, 0.05) is 19.8 Å². The Hall–Kier alpha value is -1.95. The van der Waals surface area contributed by atoms with E-state index in [2.05, 4.69) is 5.32 Å². The number of benzene rings is 1. The minimum Gasteiger partial charge on any atom is -0.478 e. The molecule has 18 heavy (non-hydrogen) atoms. The lowest BCUT2D eigenvalue weighted by atomic mass is 10.1. The van der Waals surface area contributed by atoms with Crippen LogP contribution in [0.3, 0.4) is 0 Å². The van der Waals surface area contributed by atoms with Crippen molar-refractivity contribution in [3.05, 3.63) is 22.7 Å². The molecule has 4 N–H and O–H groups in total. The third kappa shape index (κ3) is 3.04. The molecular weight excluding hydrogens is 258 g/mol. The summed E-state index contributed by atoms with van der Waals surface area (Å²) in [5.41, 5.74) is 6.04. The van der Waals surface area contributed by atoms with Gasteiger partial charge in [0.1, 0.15) is 0 Å². The van der Waals surface area contributed by atoms with Crippen LogP contribution in [-0.4, -0.2) is 37.6 Å². The van der Waals surface area contributed by atoms with Crippen molar-refractivity contribution in [2.24, 2.45) is 0 Å². The number of carbonyl (C=O) groups is 2. The molecule has 0 saturated heterocycles. The van der Waals surface area contributed by atoms with Gasteiger partial charge in [-0.05, 0) is 12.1 Å². The van der Waals surface area contributed by atoms with Gasteiger partial charge < -0.3 is 21.1 Å². The molecule has 0 fully saturated rings. The smallest absolute Gasteiger partial charge is 0.337 e. The van der Waals surface area contributed by atoms with Crippen LogP contribution < -0.4 is 16.0 Å². The number of hydrogen-bond acceptors (Lipinski definition) is 4. The van der Waals surface area contributed by atoms with Crippen LogP contribution in [0.4, 0.5) is 11.4 Å². The molecule has 0 unspecified atom stereocenters. The van der Waals surface area contributed by atoms with E-state index in [1.54, 1.807) is 7.05 Å². The summed E-state index contributed by atoms with van der Waals surface area (Å²) in [5.74, 6) is -1.40. The standard InChI is InChI=1S/C11H14ClN3O3/c1-14-9(16)5-15(2)10-7(11(17)18)3-6(13)4-8(10)12/h3-4H,5,13H2,1-2H3,(H,14,16)(H,17,18). The molecule has 6 nitrogen and oxygen atoms in total. The SMILES string of the molecule is CNC(=O)CN(C)c1c(Cl)cc(N)cc1C(=O)O. The molecule has 0 aromatic heterocycles. The Morgan fingerprint density at radius 1 is 1.50 bits per heavy atom. The molecule has 0 aliphatic carbocycles. The Balaban J connectivity index is 3.21. The summed E-state index contributed by atoms with van der Waals surface area (Å²) in [5, 5.41) is 11.8. The van der Waals surface area contributed by atoms with Gasteiger partial charge in [0.15, 0.2) is 0 Å². The first kappa shape index (κ1) is 14.1. The number of carboxylic acids is 1. The Morgan fingerprint density at radius 3 is 2.61 bits per heavy atom. The van der Waals surface area contributed by atoms with E-state index in [1.807, 2.05) is 0 Å². The van der Waals surface area contributed by atoms with E-state index in [4.69, 9.17) is 22.4 Å². The quantitative estimate of drug-likeness (QED) is 0.704. The van der Waals surface area contributed by atoms with Crippen molar-refractivity contribution in [2.45, 2.75) is 0 Å². The van der Waals surface area contributed by atoms with Crippen LogP contribution in [0.15, 0.2) is 12.1 Å². The molecule has 1 aromatic carbocycles. The molecule has 98 valence electrons. The van der Waals surface area contributed by atoms with Crippen molar-refractivity contribution in [3.63, 3.8) is 0 Å². The summed E-state index contributed by atoms with van der Waals surface area (Å²) in [6, 6.07) is 2.76. The maximum Gasteiger partial charge on any atom is 0.337 e. The highest BCUT2D eigenvalue weighted by molar-refractivity contribution is 6.34. The van der Waals surface area contributed by atoms with Gasteiger partial charge >= 0.3 is 5.97 Å². The number of likely N-dealkylation sites (N-methyl/N-ethyl adjacent to an activating group) is 2. The molecule has 0 saturated carbocycles. The first-order valence-electron chi connectivity index (χ1n) is 5.10. The average Bonchev–Trinajstić information content (AvgIpc) is 2.27. The minimum atomic E-state index is -1.15. The molecule has 0 heterocycles. The van der Waals surface area contributed by atoms with Gasteiger partial charge in [0.2, 0.25) is 5.91 Å². The van der Waals surface area contributed by atoms with Crippen molar-refractivity contribution in [1.29, 1.82) is 0 Å². The van der Waals surface area contributed by atoms with E-state index in [0.29, 0.717) is 0 Å². The summed E-state index contributed by atoms with van der Waals surface area (Å²) < 4.78 is 0. The second-order valence-electron chi connectivity index (χ2n) is 3.73. The number of amides is 1. The molecule has 7 heteroatoms. The highest BCUT2D eigenvalue weighted by Crippen LogP contribution is 2.31. The molecule has 1 amide bonds. The number of carboxylic acid groups (broad SMARTS) is 1. The zero-order valence-electron chi connectivity index (χ0n) is 10.0. The van der Waals surface area contributed by atoms with Crippen LogP contribution in [0.25, 0.3) is 0 Å². The van der Waals surface area contributed by atoms with E-state index < -0.39 is 5.97 Å². The third-order valence-electron chi connectivity index (χ3n) is 2.36. The second kappa shape index (κ2) is 5.59. The number of aromatic carboxylic acids is 1. The normalized spacial score (nSPS) is 9.94. The van der Waals surface area contributed by atoms with E-state index in [0.717, 1.165) is 0 Å². The fourth-order valence-corrected chi connectivity index (χ4v) is 1.92. The average molecular weight is 272 g/mol. The van der Waals surface area contributed by atoms with Gasteiger partial charge in [-0.3, -0.25) is 4.79 Å². The summed E-state index contributed by atoms with van der Waals surface area (Å²) in [6.07, 6.45) is 0. The number of nitrogens with two attached hydrogens (primary N) is 1. The van der Waals surface area contributed by atoms with Gasteiger partial charge in [-0.25, -0.2) is 4.79 Å². The van der Waals surface area contributed by atoms with Crippen LogP contribution >= 0.6 is 11.6 Å². The van der Waals surface area contributed by atoms with Gasteiger partial charge in [-0.15, -0.1) is 0 Å². The van der Waals surface area contributed by atoms with Crippen LogP contribution in [0.1, 0.15) is 10.4 Å². The van der Waals surface area contributed by atoms with Gasteiger partial charge in [-0.1, -0.05) is 11.6 Å². The maximum absolute atomic E-state index is 11.3. The summed E-state index contributed by atoms with van der Waals surface area (Å²) in [4.78, 5) is 23.9. The molecule has 1 rings (SSSR count). The van der Waals surface area contributed by atoms with E-state index in [9.17, 15) is 9.59 Å². The largest absolute Gasteiger partial charge is 0.478 e.